The highest BCUT2D eigenvalue weighted by molar-refractivity contribution is 7.80. The Bertz CT molecular complexity index is 260. The Morgan fingerprint density at radius 2 is 1.84 bits per heavy atom. The molecule has 19 heavy (non-hydrogen) atoms. The summed E-state index contributed by atoms with van der Waals surface area (Å²) in [6.07, 6.45) is 7.93. The van der Waals surface area contributed by atoms with Crippen molar-refractivity contribution in [2.24, 2.45) is 5.73 Å². The molecule has 112 valence electrons. The lowest BCUT2D eigenvalue weighted by atomic mass is 10.1. The van der Waals surface area contributed by atoms with E-state index < -0.39 is 0 Å². The van der Waals surface area contributed by atoms with Gasteiger partial charge in [-0.05, 0) is 6.42 Å². The average molecular weight is 288 g/mol. The first-order chi connectivity index (χ1) is 9.07. The molecule has 0 unspecified atom stereocenters. The van der Waals surface area contributed by atoms with Gasteiger partial charge in [0.1, 0.15) is 6.61 Å². The number of hydrogen-bond acceptors (Lipinski definition) is 3. The van der Waals surface area contributed by atoms with Gasteiger partial charge in [0.25, 0.3) is 0 Å². The molecule has 0 aliphatic heterocycles. The van der Waals surface area contributed by atoms with E-state index in [2.05, 4.69) is 6.92 Å². The smallest absolute Gasteiger partial charge is 0.248 e. The number of thiocarbonyl (C=S) groups is 1. The number of amides is 1. The fourth-order valence-corrected chi connectivity index (χ4v) is 1.75. The Morgan fingerprint density at radius 1 is 1.21 bits per heavy atom. The zero-order valence-electron chi connectivity index (χ0n) is 12.3. The topological polar surface area (TPSA) is 55.6 Å². The van der Waals surface area contributed by atoms with Crippen molar-refractivity contribution >= 4 is 23.1 Å². The van der Waals surface area contributed by atoms with E-state index in [1.807, 2.05) is 0 Å². The van der Waals surface area contributed by atoms with E-state index in [1.54, 1.807) is 11.9 Å². The standard InChI is InChI=1S/C14H28N2O2S/c1-3-4-5-6-7-8-11-18-12-14(17)16(2)10-9-13(15)19/h3-12H2,1-2H3,(H2,15,19). The molecule has 5 heteroatoms. The van der Waals surface area contributed by atoms with Gasteiger partial charge in [-0.1, -0.05) is 51.2 Å². The number of ether oxygens (including phenoxy) is 1. The van der Waals surface area contributed by atoms with E-state index >= 15 is 0 Å². The van der Waals surface area contributed by atoms with Gasteiger partial charge in [-0.3, -0.25) is 4.79 Å². The number of nitrogens with zero attached hydrogens (tertiary/aromatic N) is 1. The number of carbonyl (C=O) groups excluding carboxylic acids is 1. The third kappa shape index (κ3) is 12.1. The Hall–Kier alpha value is -0.680. The summed E-state index contributed by atoms with van der Waals surface area (Å²) in [5.74, 6) is -0.0118. The maximum Gasteiger partial charge on any atom is 0.248 e. The van der Waals surface area contributed by atoms with Crippen LogP contribution in [0.2, 0.25) is 0 Å². The molecule has 0 atom stereocenters. The van der Waals surface area contributed by atoms with E-state index in [0.29, 0.717) is 24.6 Å². The SMILES string of the molecule is CCCCCCCCOCC(=O)N(C)CCC(N)=S. The van der Waals surface area contributed by atoms with Crippen molar-refractivity contribution in [1.29, 1.82) is 0 Å². The second-order valence-corrected chi connectivity index (χ2v) is 5.38. The minimum Gasteiger partial charge on any atom is -0.393 e. The number of hydrogen-bond donors (Lipinski definition) is 1. The van der Waals surface area contributed by atoms with Crippen LogP contribution < -0.4 is 5.73 Å². The van der Waals surface area contributed by atoms with Crippen LogP contribution in [-0.2, 0) is 9.53 Å². The highest BCUT2D eigenvalue weighted by atomic mass is 32.1. The minimum atomic E-state index is -0.0118. The largest absolute Gasteiger partial charge is 0.393 e. The molecule has 0 aromatic heterocycles. The van der Waals surface area contributed by atoms with Crippen LogP contribution in [0.15, 0.2) is 0 Å². The molecule has 0 aliphatic rings. The van der Waals surface area contributed by atoms with Crippen molar-refractivity contribution in [1.82, 2.24) is 4.90 Å². The van der Waals surface area contributed by atoms with E-state index in [4.69, 9.17) is 22.7 Å². The lowest BCUT2D eigenvalue weighted by Gasteiger charge is -2.16. The van der Waals surface area contributed by atoms with Crippen molar-refractivity contribution in [3.63, 3.8) is 0 Å². The molecule has 0 saturated heterocycles. The van der Waals surface area contributed by atoms with Crippen LogP contribution in [0.25, 0.3) is 0 Å². The Balaban J connectivity index is 3.39. The van der Waals surface area contributed by atoms with Crippen LogP contribution in [0.5, 0.6) is 0 Å². The van der Waals surface area contributed by atoms with E-state index in [1.165, 1.54) is 32.1 Å². The van der Waals surface area contributed by atoms with Gasteiger partial charge in [-0.2, -0.15) is 0 Å². The second-order valence-electron chi connectivity index (χ2n) is 4.85. The highest BCUT2D eigenvalue weighted by Crippen LogP contribution is 2.04. The summed E-state index contributed by atoms with van der Waals surface area (Å²) in [4.78, 5) is 13.7. The minimum absolute atomic E-state index is 0.0118. The van der Waals surface area contributed by atoms with Crippen molar-refractivity contribution in [2.45, 2.75) is 51.9 Å². The molecule has 0 fully saturated rings. The van der Waals surface area contributed by atoms with Crippen molar-refractivity contribution in [2.75, 3.05) is 26.8 Å². The summed E-state index contributed by atoms with van der Waals surface area (Å²) in [7, 11) is 1.74. The second kappa shape index (κ2) is 12.4. The first-order valence-electron chi connectivity index (χ1n) is 7.18. The fourth-order valence-electron chi connectivity index (χ4n) is 1.66. The molecule has 1 amide bonds. The van der Waals surface area contributed by atoms with Gasteiger partial charge in [-0.15, -0.1) is 0 Å². The number of rotatable bonds is 12. The van der Waals surface area contributed by atoms with Crippen LogP contribution in [0.1, 0.15) is 51.9 Å². The van der Waals surface area contributed by atoms with Crippen LogP contribution in [0.4, 0.5) is 0 Å². The van der Waals surface area contributed by atoms with E-state index in [9.17, 15) is 4.79 Å². The van der Waals surface area contributed by atoms with Crippen LogP contribution in [-0.4, -0.2) is 42.6 Å². The number of nitrogens with two attached hydrogens (primary N) is 1. The van der Waals surface area contributed by atoms with Crippen molar-refractivity contribution in [3.8, 4) is 0 Å². The summed E-state index contributed by atoms with van der Waals surface area (Å²) in [6, 6.07) is 0. The lowest BCUT2D eigenvalue weighted by molar-refractivity contribution is -0.134. The molecule has 0 spiro atoms. The summed E-state index contributed by atoms with van der Waals surface area (Å²) in [5.41, 5.74) is 5.39. The monoisotopic (exact) mass is 288 g/mol. The third-order valence-corrected chi connectivity index (χ3v) is 3.19. The molecular weight excluding hydrogens is 260 g/mol. The molecule has 0 aliphatic carbocycles. The quantitative estimate of drug-likeness (QED) is 0.443. The number of carbonyl (C=O) groups is 1. The maximum absolute atomic E-state index is 11.6. The Kier molecular flexibility index (Phi) is 11.9. The highest BCUT2D eigenvalue weighted by Gasteiger charge is 2.08. The summed E-state index contributed by atoms with van der Waals surface area (Å²) in [5, 5.41) is 0. The van der Waals surface area contributed by atoms with Gasteiger partial charge in [-0.25, -0.2) is 0 Å². The first kappa shape index (κ1) is 18.3. The van der Waals surface area contributed by atoms with Crippen LogP contribution in [0.3, 0.4) is 0 Å². The Morgan fingerprint density at radius 3 is 2.47 bits per heavy atom. The molecule has 0 aromatic rings. The maximum atomic E-state index is 11.6. The van der Waals surface area contributed by atoms with E-state index in [0.717, 1.165) is 6.42 Å². The normalized spacial score (nSPS) is 10.4. The molecule has 0 aromatic carbocycles. The molecule has 0 radical (unpaired) electrons. The molecule has 0 heterocycles. The van der Waals surface area contributed by atoms with Crippen molar-refractivity contribution in [3.05, 3.63) is 0 Å². The van der Waals surface area contributed by atoms with Crippen molar-refractivity contribution < 1.29 is 9.53 Å². The third-order valence-electron chi connectivity index (χ3n) is 2.99. The summed E-state index contributed by atoms with van der Waals surface area (Å²) in [6.45, 7) is 3.60. The lowest BCUT2D eigenvalue weighted by Crippen LogP contribution is -2.33. The van der Waals surface area contributed by atoms with Gasteiger partial charge < -0.3 is 15.4 Å². The average Bonchev–Trinajstić information content (AvgIpc) is 2.38. The first-order valence-corrected chi connectivity index (χ1v) is 7.58. The molecule has 2 N–H and O–H groups in total. The van der Waals surface area contributed by atoms with Crippen LogP contribution in [0, 0.1) is 0 Å². The zero-order valence-corrected chi connectivity index (χ0v) is 13.1. The van der Waals surface area contributed by atoms with Gasteiger partial charge in [0.2, 0.25) is 5.91 Å². The Labute approximate surface area is 122 Å². The molecule has 0 rings (SSSR count). The van der Waals surface area contributed by atoms with E-state index in [-0.39, 0.29) is 12.5 Å². The number of unbranched alkanes of at least 4 members (excludes halogenated alkanes) is 5. The van der Waals surface area contributed by atoms with Gasteiger partial charge in [0.05, 0.1) is 4.99 Å². The van der Waals surface area contributed by atoms with Gasteiger partial charge in [0.15, 0.2) is 0 Å². The van der Waals surface area contributed by atoms with Crippen LogP contribution >= 0.6 is 12.2 Å². The molecule has 0 saturated carbocycles. The predicted molar refractivity (Wildman–Crippen MR) is 83.2 cm³/mol. The van der Waals surface area contributed by atoms with Gasteiger partial charge in [0, 0.05) is 26.6 Å². The summed E-state index contributed by atoms with van der Waals surface area (Å²) >= 11 is 4.77. The molecule has 0 bridgehead atoms. The van der Waals surface area contributed by atoms with Gasteiger partial charge >= 0.3 is 0 Å². The molecular formula is C14H28N2O2S. The summed E-state index contributed by atoms with van der Waals surface area (Å²) < 4.78 is 5.37. The predicted octanol–water partition coefficient (Wildman–Crippen LogP) is 2.50. The zero-order chi connectivity index (χ0) is 14.5. The molecule has 4 nitrogen and oxygen atoms in total. The number of likely N-dealkylation sites (N-methyl/N-ethyl adjacent to an activating group) is 1. The fraction of sp³-hybridized carbons (Fsp3) is 0.857.